The second kappa shape index (κ2) is 10.1. The van der Waals surface area contributed by atoms with Crippen molar-refractivity contribution < 1.29 is 18.7 Å². The van der Waals surface area contributed by atoms with Gasteiger partial charge >= 0.3 is 0 Å². The molecule has 0 aromatic heterocycles. The van der Waals surface area contributed by atoms with E-state index >= 15 is 0 Å². The first kappa shape index (κ1) is 24.0. The van der Waals surface area contributed by atoms with E-state index in [9.17, 15) is 14.0 Å². The zero-order valence-electron chi connectivity index (χ0n) is 20.6. The maximum absolute atomic E-state index is 14.2. The summed E-state index contributed by atoms with van der Waals surface area (Å²) in [5.74, 6) is -0.306. The third-order valence-electron chi connectivity index (χ3n) is 7.24. The molecule has 2 atom stereocenters. The molecule has 3 aromatic carbocycles. The lowest BCUT2D eigenvalue weighted by Gasteiger charge is -2.44. The molecule has 7 heteroatoms. The van der Waals surface area contributed by atoms with Gasteiger partial charge in [-0.3, -0.25) is 9.59 Å². The summed E-state index contributed by atoms with van der Waals surface area (Å²) in [5.41, 5.74) is 2.95. The Bertz CT molecular complexity index is 1240. The normalized spacial score (nSPS) is 20.2. The Kier molecular flexibility index (Phi) is 6.74. The zero-order chi connectivity index (χ0) is 25.2. The number of methoxy groups -OCH3 is 1. The summed E-state index contributed by atoms with van der Waals surface area (Å²) in [6.45, 7) is 3.18. The van der Waals surface area contributed by atoms with Crippen LogP contribution < -0.4 is 4.74 Å². The number of hydrogen-bond acceptors (Lipinski definition) is 4. The molecular weight excluding hydrogens is 457 g/mol. The monoisotopic (exact) mass is 487 g/mol. The minimum atomic E-state index is -0.559. The van der Waals surface area contributed by atoms with Crippen LogP contribution in [0.3, 0.4) is 0 Å². The highest BCUT2D eigenvalue weighted by atomic mass is 19.1. The van der Waals surface area contributed by atoms with E-state index < -0.39 is 12.0 Å². The molecule has 0 spiro atoms. The fourth-order valence-corrected chi connectivity index (χ4v) is 5.22. The quantitative estimate of drug-likeness (QED) is 0.544. The Morgan fingerprint density at radius 2 is 1.61 bits per heavy atom. The van der Waals surface area contributed by atoms with Crippen molar-refractivity contribution in [1.29, 1.82) is 0 Å². The van der Waals surface area contributed by atoms with Crippen molar-refractivity contribution in [2.45, 2.75) is 18.5 Å². The molecule has 0 N–H and O–H groups in total. The summed E-state index contributed by atoms with van der Waals surface area (Å²) < 4.78 is 19.0. The molecule has 5 rings (SSSR count). The molecule has 3 aromatic rings. The summed E-state index contributed by atoms with van der Waals surface area (Å²) in [5, 5.41) is 0. The maximum atomic E-state index is 14.2. The fourth-order valence-electron chi connectivity index (χ4n) is 5.22. The van der Waals surface area contributed by atoms with E-state index in [1.807, 2.05) is 47.4 Å². The molecule has 0 saturated carbocycles. The van der Waals surface area contributed by atoms with Crippen molar-refractivity contribution in [3.63, 3.8) is 0 Å². The Hall–Kier alpha value is -3.71. The largest absolute Gasteiger partial charge is 0.497 e. The van der Waals surface area contributed by atoms with Gasteiger partial charge in [0.15, 0.2) is 0 Å². The Morgan fingerprint density at radius 3 is 2.28 bits per heavy atom. The van der Waals surface area contributed by atoms with Crippen LogP contribution in [-0.4, -0.2) is 66.9 Å². The Labute approximate surface area is 210 Å². The third-order valence-corrected chi connectivity index (χ3v) is 7.24. The number of likely N-dealkylation sites (N-methyl/N-ethyl adjacent to an activating group) is 1. The van der Waals surface area contributed by atoms with Gasteiger partial charge in [0.2, 0.25) is 5.91 Å². The number of hydrogen-bond donors (Lipinski definition) is 0. The number of amides is 2. The molecule has 2 heterocycles. The van der Waals surface area contributed by atoms with E-state index in [2.05, 4.69) is 11.9 Å². The SMILES string of the molecule is COc1ccc([C@@H]2[C@H](C(=O)N3CCN(C)CC3)c3ccccc3C(=O)N2Cc2ccc(F)cc2)cc1. The summed E-state index contributed by atoms with van der Waals surface area (Å²) in [6, 6.07) is 20.6. The van der Waals surface area contributed by atoms with E-state index in [4.69, 9.17) is 4.74 Å². The number of fused-ring (bicyclic) bond motifs is 1. The Balaban J connectivity index is 1.62. The van der Waals surface area contributed by atoms with Crippen LogP contribution in [0.1, 0.15) is 39.0 Å². The lowest BCUT2D eigenvalue weighted by molar-refractivity contribution is -0.136. The highest BCUT2D eigenvalue weighted by Crippen LogP contribution is 2.44. The van der Waals surface area contributed by atoms with Gasteiger partial charge in [-0.2, -0.15) is 0 Å². The van der Waals surface area contributed by atoms with E-state index in [0.717, 1.165) is 29.8 Å². The van der Waals surface area contributed by atoms with Crippen LogP contribution in [0.2, 0.25) is 0 Å². The van der Waals surface area contributed by atoms with Gasteiger partial charge < -0.3 is 19.4 Å². The van der Waals surface area contributed by atoms with Gasteiger partial charge in [0.1, 0.15) is 11.6 Å². The molecule has 0 radical (unpaired) electrons. The van der Waals surface area contributed by atoms with Gasteiger partial charge in [0, 0.05) is 38.3 Å². The van der Waals surface area contributed by atoms with Crippen LogP contribution in [0.4, 0.5) is 4.39 Å². The number of carbonyl (C=O) groups is 2. The molecule has 2 aliphatic rings. The van der Waals surface area contributed by atoms with Gasteiger partial charge in [-0.1, -0.05) is 42.5 Å². The van der Waals surface area contributed by atoms with E-state index in [1.165, 1.54) is 12.1 Å². The van der Waals surface area contributed by atoms with Gasteiger partial charge in [-0.25, -0.2) is 4.39 Å². The molecular formula is C29H30FN3O3. The number of ether oxygens (including phenoxy) is 1. The Morgan fingerprint density at radius 1 is 0.944 bits per heavy atom. The van der Waals surface area contributed by atoms with Crippen LogP contribution in [0, 0.1) is 5.82 Å². The number of halogens is 1. The average Bonchev–Trinajstić information content (AvgIpc) is 2.91. The van der Waals surface area contributed by atoms with Crippen molar-refractivity contribution in [1.82, 2.24) is 14.7 Å². The van der Waals surface area contributed by atoms with Gasteiger partial charge in [0.05, 0.1) is 19.1 Å². The maximum Gasteiger partial charge on any atom is 0.255 e. The topological polar surface area (TPSA) is 53.1 Å². The van der Waals surface area contributed by atoms with Crippen LogP contribution in [-0.2, 0) is 11.3 Å². The highest BCUT2D eigenvalue weighted by molar-refractivity contribution is 6.01. The molecule has 36 heavy (non-hydrogen) atoms. The second-order valence-corrected chi connectivity index (χ2v) is 9.47. The lowest BCUT2D eigenvalue weighted by atomic mass is 9.78. The minimum absolute atomic E-state index is 0.0213. The van der Waals surface area contributed by atoms with Crippen molar-refractivity contribution in [3.8, 4) is 5.75 Å². The average molecular weight is 488 g/mol. The number of benzene rings is 3. The standard InChI is InChI=1S/C29H30FN3O3/c1-31-15-17-32(18-16-31)29(35)26-24-5-3-4-6-25(24)28(34)33(19-20-7-11-22(30)12-8-20)27(26)21-9-13-23(36-2)14-10-21/h3-14,26-27H,15-19H2,1-2H3/t26-,27-/m1/s1. The van der Waals surface area contributed by atoms with Crippen LogP contribution in [0.25, 0.3) is 0 Å². The minimum Gasteiger partial charge on any atom is -0.497 e. The molecule has 2 amide bonds. The summed E-state index contributed by atoms with van der Waals surface area (Å²) in [6.07, 6.45) is 0. The third kappa shape index (κ3) is 4.58. The first-order valence-electron chi connectivity index (χ1n) is 12.2. The molecule has 6 nitrogen and oxygen atoms in total. The summed E-state index contributed by atoms with van der Waals surface area (Å²) >= 11 is 0. The predicted molar refractivity (Wildman–Crippen MR) is 135 cm³/mol. The van der Waals surface area contributed by atoms with Crippen LogP contribution >= 0.6 is 0 Å². The summed E-state index contributed by atoms with van der Waals surface area (Å²) in [7, 11) is 3.66. The highest BCUT2D eigenvalue weighted by Gasteiger charge is 2.45. The molecule has 0 aliphatic carbocycles. The zero-order valence-corrected chi connectivity index (χ0v) is 20.6. The van der Waals surface area contributed by atoms with Gasteiger partial charge in [-0.05, 0) is 54.1 Å². The molecule has 0 bridgehead atoms. The van der Waals surface area contributed by atoms with Gasteiger partial charge in [0.25, 0.3) is 5.91 Å². The lowest BCUT2D eigenvalue weighted by Crippen LogP contribution is -2.52. The van der Waals surface area contributed by atoms with Crippen molar-refractivity contribution >= 4 is 11.8 Å². The van der Waals surface area contributed by atoms with Gasteiger partial charge in [-0.15, -0.1) is 0 Å². The number of nitrogens with zero attached hydrogens (tertiary/aromatic N) is 3. The predicted octanol–water partition coefficient (Wildman–Crippen LogP) is 4.09. The number of piperazine rings is 1. The van der Waals surface area contributed by atoms with Crippen LogP contribution in [0.5, 0.6) is 5.75 Å². The second-order valence-electron chi connectivity index (χ2n) is 9.47. The van der Waals surface area contributed by atoms with Crippen molar-refractivity contribution in [2.75, 3.05) is 40.3 Å². The summed E-state index contributed by atoms with van der Waals surface area (Å²) in [4.78, 5) is 33.9. The first-order valence-corrected chi connectivity index (χ1v) is 12.2. The number of rotatable bonds is 5. The van der Waals surface area contributed by atoms with Crippen molar-refractivity contribution in [3.05, 3.63) is 101 Å². The van der Waals surface area contributed by atoms with E-state index in [-0.39, 0.29) is 24.2 Å². The molecule has 1 fully saturated rings. The molecule has 2 aliphatic heterocycles. The number of carbonyl (C=O) groups excluding carboxylic acids is 2. The molecule has 1 saturated heterocycles. The van der Waals surface area contributed by atoms with Crippen molar-refractivity contribution in [2.24, 2.45) is 0 Å². The van der Waals surface area contributed by atoms with E-state index in [1.54, 1.807) is 30.2 Å². The van der Waals surface area contributed by atoms with E-state index in [0.29, 0.717) is 24.4 Å². The fraction of sp³-hybridized carbons (Fsp3) is 0.310. The molecule has 0 unspecified atom stereocenters. The first-order chi connectivity index (χ1) is 17.5. The molecule has 186 valence electrons. The smallest absolute Gasteiger partial charge is 0.255 e. The van der Waals surface area contributed by atoms with Crippen LogP contribution in [0.15, 0.2) is 72.8 Å².